The summed E-state index contributed by atoms with van der Waals surface area (Å²) in [7, 11) is 2.92. The summed E-state index contributed by atoms with van der Waals surface area (Å²) in [6, 6.07) is 10.2. The highest BCUT2D eigenvalue weighted by Crippen LogP contribution is 2.27. The van der Waals surface area contributed by atoms with E-state index in [1.54, 1.807) is 14.0 Å². The lowest BCUT2D eigenvalue weighted by Gasteiger charge is -2.24. The Balaban J connectivity index is 1.96. The fourth-order valence-electron chi connectivity index (χ4n) is 2.74. The zero-order valence-electron chi connectivity index (χ0n) is 16.9. The van der Waals surface area contributed by atoms with E-state index in [-0.39, 0.29) is 17.5 Å². The Morgan fingerprint density at radius 1 is 1.14 bits per heavy atom. The molecular formula is C21H26N2O6. The summed E-state index contributed by atoms with van der Waals surface area (Å²) < 4.78 is 15.9. The van der Waals surface area contributed by atoms with Crippen molar-refractivity contribution in [3.63, 3.8) is 0 Å². The normalized spacial score (nSPS) is 13.8. The standard InChI is InChI=1S/C21H26N2O6/c1-13(23-20(25)18-19(24)16(27-3)10-11-22-18)21(26)29-14(2)17(28-4)12-15-8-6-5-7-9-15/h5-11,13-14,17,24H,12H2,1-4H3,(H,23,25)/t13-,14-,17+/m0/s1. The highest BCUT2D eigenvalue weighted by molar-refractivity contribution is 5.97. The monoisotopic (exact) mass is 402 g/mol. The Bertz CT molecular complexity index is 827. The van der Waals surface area contributed by atoms with Gasteiger partial charge in [-0.05, 0) is 19.4 Å². The third kappa shape index (κ3) is 5.92. The van der Waals surface area contributed by atoms with Crippen molar-refractivity contribution in [3.8, 4) is 11.5 Å². The van der Waals surface area contributed by atoms with Crippen molar-refractivity contribution < 1.29 is 28.9 Å². The number of hydrogen-bond acceptors (Lipinski definition) is 7. The summed E-state index contributed by atoms with van der Waals surface area (Å²) in [6.07, 6.45) is 1.03. The fraction of sp³-hybridized carbons (Fsp3) is 0.381. The summed E-state index contributed by atoms with van der Waals surface area (Å²) in [4.78, 5) is 28.6. The van der Waals surface area contributed by atoms with Crippen LogP contribution in [-0.4, -0.2) is 54.4 Å². The lowest BCUT2D eigenvalue weighted by atomic mass is 10.0. The van der Waals surface area contributed by atoms with Crippen LogP contribution in [0.5, 0.6) is 11.5 Å². The number of rotatable bonds is 9. The van der Waals surface area contributed by atoms with Crippen molar-refractivity contribution in [2.24, 2.45) is 0 Å². The van der Waals surface area contributed by atoms with Gasteiger partial charge in [0, 0.05) is 25.8 Å². The molecule has 0 aliphatic rings. The molecule has 0 bridgehead atoms. The van der Waals surface area contributed by atoms with Gasteiger partial charge in [0.2, 0.25) is 0 Å². The Kier molecular flexibility index (Phi) is 7.97. The Hall–Kier alpha value is -3.13. The van der Waals surface area contributed by atoms with Gasteiger partial charge in [0.1, 0.15) is 12.1 Å². The van der Waals surface area contributed by atoms with Crippen LogP contribution in [0.15, 0.2) is 42.6 Å². The number of carbonyl (C=O) groups is 2. The van der Waals surface area contributed by atoms with Crippen molar-refractivity contribution in [1.29, 1.82) is 0 Å². The number of ether oxygens (including phenoxy) is 3. The van der Waals surface area contributed by atoms with E-state index in [9.17, 15) is 14.7 Å². The molecule has 1 aromatic heterocycles. The third-order valence-electron chi connectivity index (χ3n) is 4.43. The number of aromatic hydroxyl groups is 1. The number of amides is 1. The van der Waals surface area contributed by atoms with Crippen LogP contribution < -0.4 is 10.1 Å². The zero-order valence-corrected chi connectivity index (χ0v) is 16.9. The molecule has 0 unspecified atom stereocenters. The van der Waals surface area contributed by atoms with Crippen molar-refractivity contribution in [3.05, 3.63) is 53.9 Å². The van der Waals surface area contributed by atoms with Gasteiger partial charge in [-0.15, -0.1) is 0 Å². The molecule has 0 fully saturated rings. The predicted octanol–water partition coefficient (Wildman–Crippen LogP) is 2.10. The number of nitrogens with one attached hydrogen (secondary N) is 1. The molecule has 0 saturated heterocycles. The SMILES string of the molecule is COc1ccnc(C(=O)N[C@@H](C)C(=O)O[C@@H](C)[C@@H](Cc2ccccc2)OC)c1O. The molecule has 0 radical (unpaired) electrons. The van der Waals surface area contributed by atoms with Crippen LogP contribution in [-0.2, 0) is 20.7 Å². The molecule has 0 spiro atoms. The maximum Gasteiger partial charge on any atom is 0.328 e. The van der Waals surface area contributed by atoms with Gasteiger partial charge in [0.25, 0.3) is 5.91 Å². The van der Waals surface area contributed by atoms with Crippen molar-refractivity contribution in [1.82, 2.24) is 10.3 Å². The second-order valence-electron chi connectivity index (χ2n) is 6.51. The molecule has 2 N–H and O–H groups in total. The first-order valence-corrected chi connectivity index (χ1v) is 9.17. The molecule has 1 amide bonds. The lowest BCUT2D eigenvalue weighted by molar-refractivity contribution is -0.156. The van der Waals surface area contributed by atoms with Crippen LogP contribution in [0.3, 0.4) is 0 Å². The number of carbonyl (C=O) groups excluding carboxylic acids is 2. The van der Waals surface area contributed by atoms with Crippen molar-refractivity contribution in [2.75, 3.05) is 14.2 Å². The van der Waals surface area contributed by atoms with Gasteiger partial charge >= 0.3 is 5.97 Å². The molecule has 1 aromatic carbocycles. The zero-order chi connectivity index (χ0) is 21.4. The molecule has 0 saturated carbocycles. The Morgan fingerprint density at radius 2 is 1.83 bits per heavy atom. The molecule has 2 rings (SSSR count). The fourth-order valence-corrected chi connectivity index (χ4v) is 2.74. The Morgan fingerprint density at radius 3 is 2.45 bits per heavy atom. The molecular weight excluding hydrogens is 376 g/mol. The van der Waals surface area contributed by atoms with Crippen LogP contribution in [0.25, 0.3) is 0 Å². The van der Waals surface area contributed by atoms with Crippen molar-refractivity contribution >= 4 is 11.9 Å². The number of esters is 1. The quantitative estimate of drug-likeness (QED) is 0.619. The van der Waals surface area contributed by atoms with Gasteiger partial charge in [-0.1, -0.05) is 30.3 Å². The number of aromatic nitrogens is 1. The molecule has 8 nitrogen and oxygen atoms in total. The van der Waals surface area contributed by atoms with Gasteiger partial charge in [-0.25, -0.2) is 9.78 Å². The van der Waals surface area contributed by atoms with E-state index >= 15 is 0 Å². The first-order valence-electron chi connectivity index (χ1n) is 9.17. The Labute approximate surface area is 169 Å². The average Bonchev–Trinajstić information content (AvgIpc) is 2.72. The van der Waals surface area contributed by atoms with Gasteiger partial charge in [-0.3, -0.25) is 4.79 Å². The summed E-state index contributed by atoms with van der Waals surface area (Å²) in [5.41, 5.74) is 0.819. The first-order chi connectivity index (χ1) is 13.9. The highest BCUT2D eigenvalue weighted by atomic mass is 16.6. The van der Waals surface area contributed by atoms with Gasteiger partial charge in [0.15, 0.2) is 17.2 Å². The number of methoxy groups -OCH3 is 2. The first kappa shape index (κ1) is 22.2. The van der Waals surface area contributed by atoms with Crippen LogP contribution in [0, 0.1) is 0 Å². The molecule has 156 valence electrons. The summed E-state index contributed by atoms with van der Waals surface area (Å²) >= 11 is 0. The minimum absolute atomic E-state index is 0.109. The van der Waals surface area contributed by atoms with Crippen molar-refractivity contribution in [2.45, 2.75) is 38.5 Å². The van der Waals surface area contributed by atoms with Gasteiger partial charge in [0.05, 0.1) is 13.2 Å². The van der Waals surface area contributed by atoms with E-state index in [4.69, 9.17) is 14.2 Å². The number of hydrogen-bond donors (Lipinski definition) is 2. The molecule has 1 heterocycles. The van der Waals surface area contributed by atoms with Crippen LogP contribution in [0.4, 0.5) is 0 Å². The second-order valence-corrected chi connectivity index (χ2v) is 6.51. The molecule has 0 aliphatic carbocycles. The van der Waals surface area contributed by atoms with E-state index in [1.165, 1.54) is 26.3 Å². The summed E-state index contributed by atoms with van der Waals surface area (Å²) in [5, 5.41) is 12.5. The number of pyridine rings is 1. The molecule has 2 aromatic rings. The maximum absolute atomic E-state index is 12.4. The van der Waals surface area contributed by atoms with E-state index < -0.39 is 29.8 Å². The average molecular weight is 402 g/mol. The lowest BCUT2D eigenvalue weighted by Crippen LogP contribution is -2.43. The van der Waals surface area contributed by atoms with E-state index in [1.807, 2.05) is 30.3 Å². The number of benzene rings is 1. The molecule has 0 aliphatic heterocycles. The maximum atomic E-state index is 12.4. The number of nitrogens with zero attached hydrogens (tertiary/aromatic N) is 1. The van der Waals surface area contributed by atoms with E-state index in [2.05, 4.69) is 10.3 Å². The predicted molar refractivity (Wildman–Crippen MR) is 106 cm³/mol. The third-order valence-corrected chi connectivity index (χ3v) is 4.43. The minimum atomic E-state index is -0.952. The van der Waals surface area contributed by atoms with Crippen LogP contribution in [0.1, 0.15) is 29.9 Å². The minimum Gasteiger partial charge on any atom is -0.503 e. The molecule has 8 heteroatoms. The summed E-state index contributed by atoms with van der Waals surface area (Å²) in [5.74, 6) is -1.63. The van der Waals surface area contributed by atoms with Crippen LogP contribution >= 0.6 is 0 Å². The highest BCUT2D eigenvalue weighted by Gasteiger charge is 2.26. The molecule has 29 heavy (non-hydrogen) atoms. The summed E-state index contributed by atoms with van der Waals surface area (Å²) in [6.45, 7) is 3.22. The second kappa shape index (κ2) is 10.4. The smallest absolute Gasteiger partial charge is 0.328 e. The van der Waals surface area contributed by atoms with E-state index in [0.29, 0.717) is 6.42 Å². The van der Waals surface area contributed by atoms with Gasteiger partial charge in [-0.2, -0.15) is 0 Å². The van der Waals surface area contributed by atoms with Gasteiger partial charge < -0.3 is 24.6 Å². The topological polar surface area (TPSA) is 107 Å². The van der Waals surface area contributed by atoms with Crippen LogP contribution in [0.2, 0.25) is 0 Å². The largest absolute Gasteiger partial charge is 0.503 e. The molecule has 3 atom stereocenters. The van der Waals surface area contributed by atoms with E-state index in [0.717, 1.165) is 5.56 Å².